The smallest absolute Gasteiger partial charge is 0.174 e. The molecule has 7 heteroatoms. The third-order valence-electron chi connectivity index (χ3n) is 2.81. The lowest BCUT2D eigenvalue weighted by Crippen LogP contribution is -2.15. The maximum atomic E-state index is 8.90. The van der Waals surface area contributed by atoms with Crippen molar-refractivity contribution in [2.45, 2.75) is 30.8 Å². The molecule has 0 radical (unpaired) electrons. The fourth-order valence-corrected chi connectivity index (χ4v) is 3.21. The Labute approximate surface area is 121 Å². The van der Waals surface area contributed by atoms with Crippen molar-refractivity contribution in [2.75, 3.05) is 0 Å². The molecule has 0 fully saturated rings. The second-order valence-electron chi connectivity index (χ2n) is 4.60. The molecule has 0 saturated heterocycles. The van der Waals surface area contributed by atoms with Gasteiger partial charge in [0.2, 0.25) is 0 Å². The summed E-state index contributed by atoms with van der Waals surface area (Å²) in [5.41, 5.74) is 9.19. The highest BCUT2D eigenvalue weighted by atomic mass is 32.2. The van der Waals surface area contributed by atoms with E-state index in [9.17, 15) is 0 Å². The maximum Gasteiger partial charge on any atom is 0.174 e. The number of hydrogen-bond acceptors (Lipinski definition) is 5. The first-order valence-electron chi connectivity index (χ1n) is 6.07. The van der Waals surface area contributed by atoms with E-state index in [1.165, 1.54) is 11.8 Å². The standard InChI is InChI=1S/C13H17N5OS/c1-7-5-8(2)15-10(6-7)20-13-11(12(14)17-19)9(3)16-18(13)4/h5-6,19H,1-4H3,(H2,14,17). The average Bonchev–Trinajstić information content (AvgIpc) is 2.62. The van der Waals surface area contributed by atoms with Gasteiger partial charge in [0, 0.05) is 12.7 Å². The second kappa shape index (κ2) is 5.54. The van der Waals surface area contributed by atoms with Crippen molar-refractivity contribution in [3.05, 3.63) is 34.6 Å². The van der Waals surface area contributed by atoms with Crippen LogP contribution in [0.15, 0.2) is 27.3 Å². The van der Waals surface area contributed by atoms with E-state index in [-0.39, 0.29) is 5.84 Å². The van der Waals surface area contributed by atoms with Gasteiger partial charge in [-0.25, -0.2) is 4.98 Å². The lowest BCUT2D eigenvalue weighted by Gasteiger charge is -2.06. The third kappa shape index (κ3) is 2.77. The Morgan fingerprint density at radius 2 is 2.05 bits per heavy atom. The summed E-state index contributed by atoms with van der Waals surface area (Å²) in [4.78, 5) is 4.48. The van der Waals surface area contributed by atoms with Crippen LogP contribution in [0.3, 0.4) is 0 Å². The lowest BCUT2D eigenvalue weighted by atomic mass is 10.2. The number of oxime groups is 1. The minimum atomic E-state index is 0.0578. The first kappa shape index (κ1) is 14.4. The van der Waals surface area contributed by atoms with Gasteiger partial charge in [0.15, 0.2) is 5.84 Å². The number of aryl methyl sites for hydroxylation is 4. The first-order valence-corrected chi connectivity index (χ1v) is 6.88. The van der Waals surface area contributed by atoms with Gasteiger partial charge in [-0.3, -0.25) is 4.68 Å². The van der Waals surface area contributed by atoms with E-state index in [4.69, 9.17) is 10.9 Å². The van der Waals surface area contributed by atoms with Crippen molar-refractivity contribution in [1.29, 1.82) is 0 Å². The van der Waals surface area contributed by atoms with Gasteiger partial charge >= 0.3 is 0 Å². The van der Waals surface area contributed by atoms with Gasteiger partial charge < -0.3 is 10.9 Å². The Kier molecular flexibility index (Phi) is 3.99. The van der Waals surface area contributed by atoms with E-state index >= 15 is 0 Å². The molecule has 2 rings (SSSR count). The number of amidine groups is 1. The number of rotatable bonds is 3. The molecule has 0 aliphatic rings. The number of pyridine rings is 1. The van der Waals surface area contributed by atoms with Crippen LogP contribution in [0.25, 0.3) is 0 Å². The van der Waals surface area contributed by atoms with E-state index in [2.05, 4.69) is 15.2 Å². The molecule has 0 unspecified atom stereocenters. The molecule has 0 amide bonds. The van der Waals surface area contributed by atoms with Crippen molar-refractivity contribution in [3.63, 3.8) is 0 Å². The van der Waals surface area contributed by atoms with Crippen molar-refractivity contribution in [2.24, 2.45) is 17.9 Å². The zero-order valence-corrected chi connectivity index (χ0v) is 12.7. The first-order chi connectivity index (χ1) is 9.42. The quantitative estimate of drug-likeness (QED) is 0.391. The van der Waals surface area contributed by atoms with Crippen LogP contribution in [0, 0.1) is 20.8 Å². The molecule has 0 spiro atoms. The van der Waals surface area contributed by atoms with E-state index in [1.54, 1.807) is 4.68 Å². The summed E-state index contributed by atoms with van der Waals surface area (Å²) >= 11 is 1.45. The highest BCUT2D eigenvalue weighted by Crippen LogP contribution is 2.31. The van der Waals surface area contributed by atoms with Crippen LogP contribution < -0.4 is 5.73 Å². The minimum Gasteiger partial charge on any atom is -0.409 e. The fraction of sp³-hybridized carbons (Fsp3) is 0.308. The summed E-state index contributed by atoms with van der Waals surface area (Å²) in [5, 5.41) is 18.0. The molecule has 0 aliphatic carbocycles. The second-order valence-corrected chi connectivity index (χ2v) is 5.61. The van der Waals surface area contributed by atoms with Crippen LogP contribution in [-0.2, 0) is 7.05 Å². The van der Waals surface area contributed by atoms with Gasteiger partial charge in [-0.05, 0) is 50.2 Å². The largest absolute Gasteiger partial charge is 0.409 e. The summed E-state index contributed by atoms with van der Waals surface area (Å²) in [5.74, 6) is 0.0578. The molecule has 2 aromatic rings. The summed E-state index contributed by atoms with van der Waals surface area (Å²) in [6.07, 6.45) is 0. The molecule has 6 nitrogen and oxygen atoms in total. The highest BCUT2D eigenvalue weighted by molar-refractivity contribution is 7.99. The highest BCUT2D eigenvalue weighted by Gasteiger charge is 2.18. The van der Waals surface area contributed by atoms with Gasteiger partial charge in [-0.15, -0.1) is 0 Å². The Hall–Kier alpha value is -2.02. The van der Waals surface area contributed by atoms with Gasteiger partial charge in [-0.1, -0.05) is 5.16 Å². The topological polar surface area (TPSA) is 89.3 Å². The Balaban J connectivity index is 2.48. The Bertz CT molecular complexity index is 657. The molecular weight excluding hydrogens is 274 g/mol. The zero-order valence-electron chi connectivity index (χ0n) is 11.9. The predicted octanol–water partition coefficient (Wildman–Crippen LogP) is 1.99. The van der Waals surface area contributed by atoms with Gasteiger partial charge in [-0.2, -0.15) is 5.10 Å². The summed E-state index contributed by atoms with van der Waals surface area (Å²) in [6, 6.07) is 4.01. The number of aromatic nitrogens is 3. The van der Waals surface area contributed by atoms with Crippen molar-refractivity contribution < 1.29 is 5.21 Å². The van der Waals surface area contributed by atoms with Crippen LogP contribution in [-0.4, -0.2) is 25.8 Å². The fourth-order valence-electron chi connectivity index (χ4n) is 2.05. The summed E-state index contributed by atoms with van der Waals surface area (Å²) in [6.45, 7) is 5.81. The minimum absolute atomic E-state index is 0.0578. The lowest BCUT2D eigenvalue weighted by molar-refractivity contribution is 0.318. The summed E-state index contributed by atoms with van der Waals surface area (Å²) in [7, 11) is 1.83. The van der Waals surface area contributed by atoms with E-state index in [1.807, 2.05) is 40.0 Å². The monoisotopic (exact) mass is 291 g/mol. The molecule has 2 heterocycles. The van der Waals surface area contributed by atoms with Crippen molar-refractivity contribution in [3.8, 4) is 0 Å². The third-order valence-corrected chi connectivity index (χ3v) is 3.89. The Morgan fingerprint density at radius 3 is 2.65 bits per heavy atom. The molecule has 0 bridgehead atoms. The van der Waals surface area contributed by atoms with Crippen LogP contribution in [0.1, 0.15) is 22.5 Å². The molecule has 20 heavy (non-hydrogen) atoms. The molecule has 3 N–H and O–H groups in total. The van der Waals surface area contributed by atoms with E-state index < -0.39 is 0 Å². The maximum absolute atomic E-state index is 8.90. The van der Waals surface area contributed by atoms with Gasteiger partial charge in [0.25, 0.3) is 0 Å². The van der Waals surface area contributed by atoms with Crippen molar-refractivity contribution in [1.82, 2.24) is 14.8 Å². The van der Waals surface area contributed by atoms with Crippen LogP contribution in [0.5, 0.6) is 0 Å². The molecule has 0 aliphatic heterocycles. The molecule has 0 aromatic carbocycles. The zero-order chi connectivity index (χ0) is 14.9. The molecule has 0 atom stereocenters. The number of nitrogens with two attached hydrogens (primary N) is 1. The van der Waals surface area contributed by atoms with Gasteiger partial charge in [0.05, 0.1) is 11.3 Å². The average molecular weight is 291 g/mol. The summed E-state index contributed by atoms with van der Waals surface area (Å²) < 4.78 is 1.72. The SMILES string of the molecule is Cc1cc(C)nc(Sc2c(/C(N)=N/O)c(C)nn2C)c1. The molecular formula is C13H17N5OS. The van der Waals surface area contributed by atoms with Gasteiger partial charge in [0.1, 0.15) is 10.1 Å². The van der Waals surface area contributed by atoms with Crippen LogP contribution in [0.2, 0.25) is 0 Å². The molecule has 2 aromatic heterocycles. The van der Waals surface area contributed by atoms with Crippen LogP contribution in [0.4, 0.5) is 0 Å². The van der Waals surface area contributed by atoms with Crippen molar-refractivity contribution >= 4 is 17.6 Å². The Morgan fingerprint density at radius 1 is 1.35 bits per heavy atom. The molecule has 0 saturated carbocycles. The normalized spacial score (nSPS) is 11.9. The van der Waals surface area contributed by atoms with E-state index in [0.717, 1.165) is 27.0 Å². The molecule has 106 valence electrons. The van der Waals surface area contributed by atoms with E-state index in [0.29, 0.717) is 5.56 Å². The number of hydrogen-bond donors (Lipinski definition) is 2. The number of nitrogens with zero attached hydrogens (tertiary/aromatic N) is 4. The van der Waals surface area contributed by atoms with Crippen LogP contribution >= 0.6 is 11.8 Å². The predicted molar refractivity (Wildman–Crippen MR) is 78.3 cm³/mol.